The molecule has 0 unspecified atom stereocenters. The van der Waals surface area contributed by atoms with Gasteiger partial charge in [-0.15, -0.1) is 0 Å². The molecular formula is C17H17NO2. The van der Waals surface area contributed by atoms with Crippen molar-refractivity contribution in [1.29, 1.82) is 0 Å². The minimum atomic E-state index is -0.187. The quantitative estimate of drug-likeness (QED) is 0.905. The average molecular weight is 267 g/mol. The van der Waals surface area contributed by atoms with Gasteiger partial charge < -0.3 is 14.8 Å². The number of fused-ring (bicyclic) bond motifs is 1. The van der Waals surface area contributed by atoms with E-state index in [4.69, 9.17) is 9.47 Å². The largest absolute Gasteiger partial charge is 0.384 e. The summed E-state index contributed by atoms with van der Waals surface area (Å²) in [7, 11) is 0. The molecule has 0 atom stereocenters. The van der Waals surface area contributed by atoms with Crippen molar-refractivity contribution in [1.82, 2.24) is 0 Å². The van der Waals surface area contributed by atoms with Crippen LogP contribution in [0.3, 0.4) is 0 Å². The lowest BCUT2D eigenvalue weighted by Crippen LogP contribution is -1.97. The van der Waals surface area contributed by atoms with E-state index in [0.29, 0.717) is 13.2 Å². The van der Waals surface area contributed by atoms with Crippen LogP contribution in [0.15, 0.2) is 42.5 Å². The minimum Gasteiger partial charge on any atom is -0.384 e. The summed E-state index contributed by atoms with van der Waals surface area (Å²) in [6, 6.07) is 15.1. The number of rotatable bonds is 2. The fourth-order valence-electron chi connectivity index (χ4n) is 2.87. The second-order valence-corrected chi connectivity index (χ2v) is 5.24. The maximum atomic E-state index is 5.51. The second-order valence-electron chi connectivity index (χ2n) is 5.24. The van der Waals surface area contributed by atoms with E-state index in [2.05, 4.69) is 47.8 Å². The standard InChI is InChI=1S/C17H17NO2/c1-3-13(17-19-9-10-20-17)4-2-12(1)14-5-6-16-15(11-14)7-8-18-16/h1-6,11,17-18H,7-10H2. The molecule has 2 aliphatic heterocycles. The summed E-state index contributed by atoms with van der Waals surface area (Å²) in [6.45, 7) is 2.42. The smallest absolute Gasteiger partial charge is 0.184 e. The Bertz CT molecular complexity index is 615. The van der Waals surface area contributed by atoms with E-state index in [0.717, 1.165) is 18.5 Å². The number of benzene rings is 2. The van der Waals surface area contributed by atoms with Crippen LogP contribution in [-0.2, 0) is 15.9 Å². The third kappa shape index (κ3) is 2.09. The van der Waals surface area contributed by atoms with Crippen molar-refractivity contribution in [2.45, 2.75) is 12.7 Å². The molecule has 102 valence electrons. The van der Waals surface area contributed by atoms with Crippen molar-refractivity contribution in [3.05, 3.63) is 53.6 Å². The Balaban J connectivity index is 1.62. The lowest BCUT2D eigenvalue weighted by atomic mass is 10.0. The Morgan fingerprint density at radius 3 is 2.45 bits per heavy atom. The van der Waals surface area contributed by atoms with Gasteiger partial charge in [0.2, 0.25) is 0 Å². The predicted octanol–water partition coefficient (Wildman–Crippen LogP) is 3.37. The molecule has 4 rings (SSSR count). The highest BCUT2D eigenvalue weighted by molar-refractivity contribution is 5.70. The molecule has 0 amide bonds. The molecule has 0 radical (unpaired) electrons. The average Bonchev–Trinajstić information content (AvgIpc) is 3.18. The van der Waals surface area contributed by atoms with E-state index >= 15 is 0 Å². The maximum absolute atomic E-state index is 5.51. The van der Waals surface area contributed by atoms with Crippen LogP contribution in [0.4, 0.5) is 5.69 Å². The van der Waals surface area contributed by atoms with Crippen LogP contribution in [0.1, 0.15) is 17.4 Å². The predicted molar refractivity (Wildman–Crippen MR) is 78.7 cm³/mol. The first-order valence-corrected chi connectivity index (χ1v) is 7.10. The Kier molecular flexibility index (Phi) is 2.94. The van der Waals surface area contributed by atoms with Crippen LogP contribution in [0, 0.1) is 0 Å². The summed E-state index contributed by atoms with van der Waals surface area (Å²) >= 11 is 0. The Morgan fingerprint density at radius 1 is 0.900 bits per heavy atom. The monoisotopic (exact) mass is 267 g/mol. The van der Waals surface area contributed by atoms with Crippen molar-refractivity contribution >= 4 is 5.69 Å². The number of anilines is 1. The van der Waals surface area contributed by atoms with Crippen LogP contribution in [0.5, 0.6) is 0 Å². The van der Waals surface area contributed by atoms with Gasteiger partial charge in [0.05, 0.1) is 13.2 Å². The number of hydrogen-bond acceptors (Lipinski definition) is 3. The third-order valence-corrected chi connectivity index (χ3v) is 3.95. The molecule has 2 aromatic rings. The molecule has 3 nitrogen and oxygen atoms in total. The summed E-state index contributed by atoms with van der Waals surface area (Å²) in [5.41, 5.74) is 6.29. The van der Waals surface area contributed by atoms with Gasteiger partial charge >= 0.3 is 0 Å². The molecule has 2 aliphatic rings. The van der Waals surface area contributed by atoms with E-state index in [-0.39, 0.29) is 6.29 Å². The third-order valence-electron chi connectivity index (χ3n) is 3.95. The highest BCUT2D eigenvalue weighted by Gasteiger charge is 2.18. The molecule has 3 heteroatoms. The van der Waals surface area contributed by atoms with Gasteiger partial charge in [-0.25, -0.2) is 0 Å². The summed E-state index contributed by atoms with van der Waals surface area (Å²) in [4.78, 5) is 0. The van der Waals surface area contributed by atoms with Crippen LogP contribution in [-0.4, -0.2) is 19.8 Å². The molecule has 2 heterocycles. The van der Waals surface area contributed by atoms with Gasteiger partial charge in [-0.2, -0.15) is 0 Å². The first-order valence-electron chi connectivity index (χ1n) is 7.10. The fourth-order valence-corrected chi connectivity index (χ4v) is 2.87. The van der Waals surface area contributed by atoms with E-state index in [9.17, 15) is 0 Å². The zero-order valence-corrected chi connectivity index (χ0v) is 11.3. The Labute approximate surface area is 118 Å². The van der Waals surface area contributed by atoms with Gasteiger partial charge in [0, 0.05) is 17.8 Å². The zero-order valence-electron chi connectivity index (χ0n) is 11.3. The summed E-state index contributed by atoms with van der Waals surface area (Å²) in [5, 5.41) is 3.39. The van der Waals surface area contributed by atoms with Gasteiger partial charge in [0.15, 0.2) is 6.29 Å². The molecule has 2 aromatic carbocycles. The van der Waals surface area contributed by atoms with Crippen molar-refractivity contribution in [3.8, 4) is 11.1 Å². The Hall–Kier alpha value is -1.84. The molecule has 0 spiro atoms. The molecule has 1 N–H and O–H groups in total. The molecular weight excluding hydrogens is 250 g/mol. The van der Waals surface area contributed by atoms with Crippen LogP contribution in [0.2, 0.25) is 0 Å². The second kappa shape index (κ2) is 4.93. The van der Waals surface area contributed by atoms with Gasteiger partial charge in [-0.1, -0.05) is 30.3 Å². The van der Waals surface area contributed by atoms with Crippen LogP contribution >= 0.6 is 0 Å². The molecule has 0 saturated carbocycles. The lowest BCUT2D eigenvalue weighted by molar-refractivity contribution is -0.0441. The van der Waals surface area contributed by atoms with Crippen molar-refractivity contribution in [2.75, 3.05) is 25.1 Å². The summed E-state index contributed by atoms with van der Waals surface area (Å²) in [6.07, 6.45) is 0.929. The van der Waals surface area contributed by atoms with E-state index < -0.39 is 0 Å². The van der Waals surface area contributed by atoms with E-state index in [1.54, 1.807) is 0 Å². The molecule has 1 fully saturated rings. The summed E-state index contributed by atoms with van der Waals surface area (Å²) in [5.74, 6) is 0. The lowest BCUT2D eigenvalue weighted by Gasteiger charge is -2.10. The number of ether oxygens (including phenoxy) is 2. The molecule has 0 aliphatic carbocycles. The van der Waals surface area contributed by atoms with Gasteiger partial charge in [-0.3, -0.25) is 0 Å². The zero-order chi connectivity index (χ0) is 13.4. The molecule has 1 saturated heterocycles. The van der Waals surface area contributed by atoms with Crippen molar-refractivity contribution in [3.63, 3.8) is 0 Å². The highest BCUT2D eigenvalue weighted by atomic mass is 16.7. The number of nitrogens with one attached hydrogen (secondary N) is 1. The Morgan fingerprint density at radius 2 is 1.65 bits per heavy atom. The maximum Gasteiger partial charge on any atom is 0.184 e. The number of hydrogen-bond donors (Lipinski definition) is 1. The topological polar surface area (TPSA) is 30.5 Å². The SMILES string of the molecule is c1cc(C2OCCO2)ccc1-c1ccc2c(c1)CCN2. The fraction of sp³-hybridized carbons (Fsp3) is 0.294. The molecule has 0 aromatic heterocycles. The first-order chi connectivity index (χ1) is 9.90. The van der Waals surface area contributed by atoms with Gasteiger partial charge in [-0.05, 0) is 35.2 Å². The van der Waals surface area contributed by atoms with E-state index in [1.165, 1.54) is 22.4 Å². The minimum absolute atomic E-state index is 0.187. The normalized spacial score (nSPS) is 18.0. The van der Waals surface area contributed by atoms with Crippen molar-refractivity contribution in [2.24, 2.45) is 0 Å². The van der Waals surface area contributed by atoms with Crippen LogP contribution < -0.4 is 5.32 Å². The van der Waals surface area contributed by atoms with Crippen LogP contribution in [0.25, 0.3) is 11.1 Å². The van der Waals surface area contributed by atoms with Gasteiger partial charge in [0.25, 0.3) is 0 Å². The molecule has 20 heavy (non-hydrogen) atoms. The van der Waals surface area contributed by atoms with Crippen molar-refractivity contribution < 1.29 is 9.47 Å². The van der Waals surface area contributed by atoms with Gasteiger partial charge in [0.1, 0.15) is 0 Å². The first kappa shape index (κ1) is 11.9. The summed E-state index contributed by atoms with van der Waals surface area (Å²) < 4.78 is 11.0. The molecule has 0 bridgehead atoms. The van der Waals surface area contributed by atoms with E-state index in [1.807, 2.05) is 0 Å². The highest BCUT2D eigenvalue weighted by Crippen LogP contribution is 2.30.